The van der Waals surface area contributed by atoms with Crippen molar-refractivity contribution in [2.45, 2.75) is 6.42 Å². The maximum absolute atomic E-state index is 12.9. The van der Waals surface area contributed by atoms with E-state index in [1.165, 1.54) is 7.11 Å². The molecule has 0 unspecified atom stereocenters. The topological polar surface area (TPSA) is 68.3 Å². The van der Waals surface area contributed by atoms with Gasteiger partial charge in [0.1, 0.15) is 17.2 Å². The fraction of sp³-hybridized carbons (Fsp3) is 0.364. The number of carbonyl (C=O) groups is 2. The molecule has 1 aliphatic rings. The number of amides is 2. The van der Waals surface area contributed by atoms with Crippen molar-refractivity contribution in [1.82, 2.24) is 9.80 Å². The third-order valence-electron chi connectivity index (χ3n) is 4.96. The van der Waals surface area contributed by atoms with Gasteiger partial charge in [0.15, 0.2) is 0 Å². The van der Waals surface area contributed by atoms with Crippen molar-refractivity contribution in [3.05, 3.63) is 53.1 Å². The zero-order valence-corrected chi connectivity index (χ0v) is 17.9. The molecule has 2 amide bonds. The van der Waals surface area contributed by atoms with E-state index in [0.717, 1.165) is 0 Å². The van der Waals surface area contributed by atoms with Gasteiger partial charge in [-0.05, 0) is 36.4 Å². The van der Waals surface area contributed by atoms with Gasteiger partial charge < -0.3 is 24.0 Å². The number of carbonyl (C=O) groups excluding carboxylic acids is 2. The Labute approximate surface area is 181 Å². The number of nitrogens with zero attached hydrogens (tertiary/aromatic N) is 2. The first kappa shape index (κ1) is 21.8. The van der Waals surface area contributed by atoms with E-state index in [2.05, 4.69) is 0 Å². The average molecular weight is 433 g/mol. The monoisotopic (exact) mass is 432 g/mol. The predicted octanol–water partition coefficient (Wildman–Crippen LogP) is 3.11. The van der Waals surface area contributed by atoms with Crippen LogP contribution < -0.4 is 14.2 Å². The van der Waals surface area contributed by atoms with Crippen molar-refractivity contribution < 1.29 is 23.8 Å². The molecule has 0 atom stereocenters. The Morgan fingerprint density at radius 1 is 0.900 bits per heavy atom. The second kappa shape index (κ2) is 10.2. The molecule has 0 bridgehead atoms. The quantitative estimate of drug-likeness (QED) is 0.672. The Morgan fingerprint density at radius 3 is 2.17 bits per heavy atom. The van der Waals surface area contributed by atoms with Crippen molar-refractivity contribution in [1.29, 1.82) is 0 Å². The third kappa shape index (κ3) is 5.36. The number of halogens is 1. The lowest BCUT2D eigenvalue weighted by Gasteiger charge is -2.35. The summed E-state index contributed by atoms with van der Waals surface area (Å²) in [6.45, 7) is 2.21. The van der Waals surface area contributed by atoms with Gasteiger partial charge in [-0.2, -0.15) is 0 Å². The van der Waals surface area contributed by atoms with Gasteiger partial charge in [0.25, 0.3) is 5.91 Å². The summed E-state index contributed by atoms with van der Waals surface area (Å²) in [4.78, 5) is 28.8. The molecule has 160 valence electrons. The molecular weight excluding hydrogens is 408 g/mol. The van der Waals surface area contributed by atoms with Crippen LogP contribution in [0.5, 0.6) is 17.2 Å². The highest BCUT2D eigenvalue weighted by atomic mass is 35.5. The van der Waals surface area contributed by atoms with Gasteiger partial charge in [0.2, 0.25) is 5.91 Å². The van der Waals surface area contributed by atoms with Gasteiger partial charge >= 0.3 is 0 Å². The first-order chi connectivity index (χ1) is 14.5. The van der Waals surface area contributed by atoms with Crippen LogP contribution >= 0.6 is 11.6 Å². The van der Waals surface area contributed by atoms with Gasteiger partial charge in [-0.15, -0.1) is 0 Å². The molecule has 2 aromatic rings. The molecule has 1 heterocycles. The molecule has 3 rings (SSSR count). The van der Waals surface area contributed by atoms with E-state index >= 15 is 0 Å². The van der Waals surface area contributed by atoms with E-state index in [1.54, 1.807) is 59.4 Å². The normalized spacial score (nSPS) is 13.7. The summed E-state index contributed by atoms with van der Waals surface area (Å²) in [7, 11) is 3.08. The third-order valence-corrected chi connectivity index (χ3v) is 5.21. The van der Waals surface area contributed by atoms with Crippen LogP contribution in [0.4, 0.5) is 0 Å². The van der Waals surface area contributed by atoms with Crippen LogP contribution in [0.15, 0.2) is 42.5 Å². The molecule has 2 aromatic carbocycles. The molecule has 0 radical (unpaired) electrons. The minimum absolute atomic E-state index is 0.0121. The summed E-state index contributed by atoms with van der Waals surface area (Å²) in [5.41, 5.74) is 0.481. The first-order valence-corrected chi connectivity index (χ1v) is 10.1. The van der Waals surface area contributed by atoms with Gasteiger partial charge in [-0.25, -0.2) is 0 Å². The average Bonchev–Trinajstić information content (AvgIpc) is 2.79. The Bertz CT molecular complexity index is 880. The van der Waals surface area contributed by atoms with Crippen LogP contribution in [0, 0.1) is 0 Å². The minimum atomic E-state index is -0.118. The van der Waals surface area contributed by atoms with Crippen molar-refractivity contribution in [3.63, 3.8) is 0 Å². The van der Waals surface area contributed by atoms with Crippen LogP contribution in [-0.2, 0) is 4.79 Å². The smallest absolute Gasteiger partial charge is 0.257 e. The molecular formula is C22H25ClN2O5. The largest absolute Gasteiger partial charge is 0.497 e. The summed E-state index contributed by atoms with van der Waals surface area (Å²) >= 11 is 5.84. The van der Waals surface area contributed by atoms with Crippen LogP contribution in [0.25, 0.3) is 0 Å². The van der Waals surface area contributed by atoms with Crippen LogP contribution in [0.1, 0.15) is 16.8 Å². The highest BCUT2D eigenvalue weighted by molar-refractivity contribution is 6.30. The summed E-state index contributed by atoms with van der Waals surface area (Å²) in [6, 6.07) is 12.1. The number of hydrogen-bond acceptors (Lipinski definition) is 5. The lowest BCUT2D eigenvalue weighted by atomic mass is 10.1. The number of rotatable bonds is 7. The lowest BCUT2D eigenvalue weighted by molar-refractivity contribution is -0.133. The second-order valence-electron chi connectivity index (χ2n) is 6.79. The molecule has 1 saturated heterocycles. The van der Waals surface area contributed by atoms with E-state index in [-0.39, 0.29) is 18.2 Å². The maximum Gasteiger partial charge on any atom is 0.257 e. The van der Waals surface area contributed by atoms with E-state index in [0.29, 0.717) is 60.6 Å². The first-order valence-electron chi connectivity index (χ1n) is 9.69. The van der Waals surface area contributed by atoms with E-state index in [1.807, 2.05) is 0 Å². The van der Waals surface area contributed by atoms with Crippen molar-refractivity contribution in [2.75, 3.05) is 47.0 Å². The fourth-order valence-electron chi connectivity index (χ4n) is 3.25. The van der Waals surface area contributed by atoms with Gasteiger partial charge in [0, 0.05) is 37.3 Å². The molecule has 0 N–H and O–H groups in total. The Hall–Kier alpha value is -2.93. The molecule has 1 aliphatic heterocycles. The van der Waals surface area contributed by atoms with Crippen LogP contribution in [-0.4, -0.2) is 68.6 Å². The van der Waals surface area contributed by atoms with E-state index in [4.69, 9.17) is 25.8 Å². The molecule has 8 heteroatoms. The molecule has 0 aromatic heterocycles. The number of benzene rings is 2. The van der Waals surface area contributed by atoms with Gasteiger partial charge in [-0.1, -0.05) is 11.6 Å². The second-order valence-corrected chi connectivity index (χ2v) is 7.23. The van der Waals surface area contributed by atoms with Crippen molar-refractivity contribution in [2.24, 2.45) is 0 Å². The maximum atomic E-state index is 12.9. The molecule has 0 aliphatic carbocycles. The number of piperazine rings is 1. The standard InChI is InChI=1S/C22H25ClN2O5/c1-28-18-7-8-19(20(15-18)29-2)22(27)25-12-10-24(11-13-25)21(26)9-14-30-17-5-3-16(23)4-6-17/h3-8,15H,9-14H2,1-2H3. The Morgan fingerprint density at radius 2 is 1.53 bits per heavy atom. The Balaban J connectivity index is 1.48. The molecule has 0 saturated carbocycles. The Kier molecular flexibility index (Phi) is 7.41. The summed E-state index contributed by atoms with van der Waals surface area (Å²) < 4.78 is 16.1. The summed E-state index contributed by atoms with van der Waals surface area (Å²) in [5.74, 6) is 1.67. The lowest BCUT2D eigenvalue weighted by Crippen LogP contribution is -2.50. The summed E-state index contributed by atoms with van der Waals surface area (Å²) in [6.07, 6.45) is 0.281. The zero-order valence-electron chi connectivity index (χ0n) is 17.1. The molecule has 1 fully saturated rings. The molecule has 7 nitrogen and oxygen atoms in total. The predicted molar refractivity (Wildman–Crippen MR) is 114 cm³/mol. The number of methoxy groups -OCH3 is 2. The molecule has 0 spiro atoms. The van der Waals surface area contributed by atoms with Crippen LogP contribution in [0.3, 0.4) is 0 Å². The number of ether oxygens (including phenoxy) is 3. The van der Waals surface area contributed by atoms with E-state index in [9.17, 15) is 9.59 Å². The van der Waals surface area contributed by atoms with Crippen LogP contribution in [0.2, 0.25) is 5.02 Å². The minimum Gasteiger partial charge on any atom is -0.497 e. The fourth-order valence-corrected chi connectivity index (χ4v) is 3.38. The highest BCUT2D eigenvalue weighted by Crippen LogP contribution is 2.26. The van der Waals surface area contributed by atoms with Gasteiger partial charge in [0.05, 0.1) is 32.8 Å². The van der Waals surface area contributed by atoms with Crippen molar-refractivity contribution in [3.8, 4) is 17.2 Å². The zero-order chi connectivity index (χ0) is 21.5. The summed E-state index contributed by atoms with van der Waals surface area (Å²) in [5, 5.41) is 0.637. The SMILES string of the molecule is COc1ccc(C(=O)N2CCN(C(=O)CCOc3ccc(Cl)cc3)CC2)c(OC)c1. The number of hydrogen-bond donors (Lipinski definition) is 0. The molecule has 30 heavy (non-hydrogen) atoms. The van der Waals surface area contributed by atoms with E-state index < -0.39 is 0 Å². The van der Waals surface area contributed by atoms with Gasteiger partial charge in [-0.3, -0.25) is 9.59 Å². The highest BCUT2D eigenvalue weighted by Gasteiger charge is 2.26. The van der Waals surface area contributed by atoms with Crippen molar-refractivity contribution >= 4 is 23.4 Å².